The minimum Gasteiger partial charge on any atom is -0.495 e. The molecule has 0 aliphatic carbocycles. The summed E-state index contributed by atoms with van der Waals surface area (Å²) in [6.45, 7) is 2.37. The fraction of sp³-hybridized carbons (Fsp3) is 0.278. The second-order valence-electron chi connectivity index (χ2n) is 5.85. The van der Waals surface area contributed by atoms with Crippen LogP contribution in [0.15, 0.2) is 41.3 Å². The van der Waals surface area contributed by atoms with Gasteiger partial charge in [-0.2, -0.15) is 0 Å². The number of hydrogen-bond acceptors (Lipinski definition) is 6. The fourth-order valence-electron chi connectivity index (χ4n) is 2.60. The van der Waals surface area contributed by atoms with Gasteiger partial charge < -0.3 is 19.5 Å². The lowest BCUT2D eigenvalue weighted by molar-refractivity contribution is -0.114. The van der Waals surface area contributed by atoms with Crippen molar-refractivity contribution in [1.82, 2.24) is 4.72 Å². The van der Waals surface area contributed by atoms with Gasteiger partial charge in [-0.15, -0.1) is 0 Å². The minimum atomic E-state index is -3.79. The number of sulfonamides is 1. The Hall–Kier alpha value is -2.78. The lowest BCUT2D eigenvalue weighted by Crippen LogP contribution is -2.24. The molecule has 9 heteroatoms. The van der Waals surface area contributed by atoms with E-state index in [0.717, 1.165) is 5.56 Å². The SMILES string of the molecule is COc1ccc(S(=O)(=O)NCc2ccc3c(c2)OCCO3)cc1NC(C)=O. The number of anilines is 1. The zero-order valence-electron chi connectivity index (χ0n) is 14.9. The number of methoxy groups -OCH3 is 1. The van der Waals surface area contributed by atoms with Crippen LogP contribution in [0.3, 0.4) is 0 Å². The van der Waals surface area contributed by atoms with Crippen LogP contribution >= 0.6 is 0 Å². The molecule has 1 amide bonds. The number of carbonyl (C=O) groups is 1. The third kappa shape index (κ3) is 4.50. The molecule has 0 saturated heterocycles. The van der Waals surface area contributed by atoms with E-state index in [9.17, 15) is 13.2 Å². The summed E-state index contributed by atoms with van der Waals surface area (Å²) in [6.07, 6.45) is 0. The van der Waals surface area contributed by atoms with Gasteiger partial charge in [-0.25, -0.2) is 13.1 Å². The van der Waals surface area contributed by atoms with Crippen LogP contribution in [0.5, 0.6) is 17.2 Å². The predicted octanol–water partition coefficient (Wildman–Crippen LogP) is 1.90. The van der Waals surface area contributed by atoms with Crippen molar-refractivity contribution in [3.05, 3.63) is 42.0 Å². The molecule has 0 aromatic heterocycles. The highest BCUT2D eigenvalue weighted by Crippen LogP contribution is 2.31. The first-order valence-electron chi connectivity index (χ1n) is 8.23. The highest BCUT2D eigenvalue weighted by atomic mass is 32.2. The highest BCUT2D eigenvalue weighted by molar-refractivity contribution is 7.89. The van der Waals surface area contributed by atoms with E-state index in [4.69, 9.17) is 14.2 Å². The average molecular weight is 392 g/mol. The largest absolute Gasteiger partial charge is 0.495 e. The number of hydrogen-bond donors (Lipinski definition) is 2. The van der Waals surface area contributed by atoms with E-state index in [1.54, 1.807) is 18.2 Å². The van der Waals surface area contributed by atoms with Crippen molar-refractivity contribution < 1.29 is 27.4 Å². The van der Waals surface area contributed by atoms with Crippen LogP contribution in [-0.2, 0) is 21.4 Å². The van der Waals surface area contributed by atoms with Crippen LogP contribution in [0.1, 0.15) is 12.5 Å². The van der Waals surface area contributed by atoms with Gasteiger partial charge in [0.1, 0.15) is 19.0 Å². The molecule has 2 N–H and O–H groups in total. The van der Waals surface area contributed by atoms with Gasteiger partial charge in [-0.05, 0) is 35.9 Å². The van der Waals surface area contributed by atoms with Crippen LogP contribution in [0.25, 0.3) is 0 Å². The molecule has 0 radical (unpaired) electrons. The van der Waals surface area contributed by atoms with E-state index in [-0.39, 0.29) is 23.0 Å². The molecule has 27 heavy (non-hydrogen) atoms. The van der Waals surface area contributed by atoms with Gasteiger partial charge in [0, 0.05) is 13.5 Å². The van der Waals surface area contributed by atoms with Gasteiger partial charge in [0.15, 0.2) is 11.5 Å². The standard InChI is InChI=1S/C18H20N2O6S/c1-12(21)20-15-10-14(4-6-16(15)24-2)27(22,23)19-11-13-3-5-17-18(9-13)26-8-7-25-17/h3-6,9-10,19H,7-8,11H2,1-2H3,(H,20,21). The van der Waals surface area contributed by atoms with E-state index in [2.05, 4.69) is 10.0 Å². The molecule has 2 aromatic rings. The summed E-state index contributed by atoms with van der Waals surface area (Å²) in [6, 6.07) is 9.52. The maximum Gasteiger partial charge on any atom is 0.240 e. The zero-order chi connectivity index (χ0) is 19.4. The molecule has 0 unspecified atom stereocenters. The predicted molar refractivity (Wildman–Crippen MR) is 98.8 cm³/mol. The van der Waals surface area contributed by atoms with Crippen molar-refractivity contribution >= 4 is 21.6 Å². The van der Waals surface area contributed by atoms with Crippen molar-refractivity contribution in [1.29, 1.82) is 0 Å². The molecule has 3 rings (SSSR count). The molecule has 1 aliphatic rings. The molecular weight excluding hydrogens is 372 g/mol. The van der Waals surface area contributed by atoms with Crippen molar-refractivity contribution in [2.75, 3.05) is 25.6 Å². The van der Waals surface area contributed by atoms with Crippen molar-refractivity contribution in [3.63, 3.8) is 0 Å². The summed E-state index contributed by atoms with van der Waals surface area (Å²) in [5, 5.41) is 2.56. The van der Waals surface area contributed by atoms with Crippen molar-refractivity contribution in [3.8, 4) is 17.2 Å². The molecule has 144 valence electrons. The van der Waals surface area contributed by atoms with Gasteiger partial charge in [-0.1, -0.05) is 6.07 Å². The molecular formula is C18H20N2O6S. The lowest BCUT2D eigenvalue weighted by Gasteiger charge is -2.19. The third-order valence-corrected chi connectivity index (χ3v) is 5.26. The molecule has 0 saturated carbocycles. The van der Waals surface area contributed by atoms with E-state index in [1.165, 1.54) is 32.2 Å². The van der Waals surface area contributed by atoms with E-state index >= 15 is 0 Å². The first-order chi connectivity index (χ1) is 12.9. The molecule has 0 spiro atoms. The Kier molecular flexibility index (Phi) is 5.52. The van der Waals surface area contributed by atoms with Crippen LogP contribution in [0.2, 0.25) is 0 Å². The number of fused-ring (bicyclic) bond motifs is 1. The van der Waals surface area contributed by atoms with Crippen molar-refractivity contribution in [2.24, 2.45) is 0 Å². The van der Waals surface area contributed by atoms with Gasteiger partial charge in [-0.3, -0.25) is 4.79 Å². The fourth-order valence-corrected chi connectivity index (χ4v) is 3.64. The van der Waals surface area contributed by atoms with Gasteiger partial charge in [0.05, 0.1) is 17.7 Å². The summed E-state index contributed by atoms with van der Waals surface area (Å²) >= 11 is 0. The Bertz CT molecular complexity index is 958. The molecule has 1 heterocycles. The third-order valence-electron chi connectivity index (χ3n) is 3.86. The van der Waals surface area contributed by atoms with E-state index in [0.29, 0.717) is 30.5 Å². The highest BCUT2D eigenvalue weighted by Gasteiger charge is 2.18. The lowest BCUT2D eigenvalue weighted by atomic mass is 10.2. The second-order valence-corrected chi connectivity index (χ2v) is 7.61. The van der Waals surface area contributed by atoms with E-state index < -0.39 is 10.0 Å². The topological polar surface area (TPSA) is 103 Å². The smallest absolute Gasteiger partial charge is 0.240 e. The van der Waals surface area contributed by atoms with Crippen LogP contribution in [0, 0.1) is 0 Å². The number of ether oxygens (including phenoxy) is 3. The normalized spacial score (nSPS) is 13.1. The Morgan fingerprint density at radius 1 is 1.11 bits per heavy atom. The minimum absolute atomic E-state index is 0.0181. The Morgan fingerprint density at radius 2 is 1.85 bits per heavy atom. The van der Waals surface area contributed by atoms with Crippen LogP contribution < -0.4 is 24.2 Å². The second kappa shape index (κ2) is 7.85. The van der Waals surface area contributed by atoms with Crippen LogP contribution in [-0.4, -0.2) is 34.6 Å². The maximum absolute atomic E-state index is 12.6. The Labute approximate surface area is 157 Å². The zero-order valence-corrected chi connectivity index (χ0v) is 15.8. The number of nitrogens with one attached hydrogen (secondary N) is 2. The van der Waals surface area contributed by atoms with Crippen LogP contribution in [0.4, 0.5) is 5.69 Å². The quantitative estimate of drug-likeness (QED) is 0.778. The Balaban J connectivity index is 1.77. The van der Waals surface area contributed by atoms with Gasteiger partial charge >= 0.3 is 0 Å². The average Bonchev–Trinajstić information content (AvgIpc) is 2.66. The van der Waals surface area contributed by atoms with Gasteiger partial charge in [0.25, 0.3) is 0 Å². The first-order valence-corrected chi connectivity index (χ1v) is 9.71. The molecule has 2 aromatic carbocycles. The summed E-state index contributed by atoms with van der Waals surface area (Å²) in [5.41, 5.74) is 1.02. The molecule has 0 bridgehead atoms. The van der Waals surface area contributed by atoms with E-state index in [1.807, 2.05) is 0 Å². The number of carbonyl (C=O) groups excluding carboxylic acids is 1. The number of benzene rings is 2. The molecule has 8 nitrogen and oxygen atoms in total. The number of amides is 1. The summed E-state index contributed by atoms with van der Waals surface area (Å²) in [5.74, 6) is 1.28. The van der Waals surface area contributed by atoms with Crippen molar-refractivity contribution in [2.45, 2.75) is 18.4 Å². The summed E-state index contributed by atoms with van der Waals surface area (Å²) < 4.78 is 43.9. The summed E-state index contributed by atoms with van der Waals surface area (Å²) in [4.78, 5) is 11.3. The number of rotatable bonds is 6. The molecule has 1 aliphatic heterocycles. The van der Waals surface area contributed by atoms with Gasteiger partial charge in [0.2, 0.25) is 15.9 Å². The monoisotopic (exact) mass is 392 g/mol. The summed E-state index contributed by atoms with van der Waals surface area (Å²) in [7, 11) is -2.35. The molecule has 0 fully saturated rings. The molecule has 0 atom stereocenters. The Morgan fingerprint density at radius 3 is 2.56 bits per heavy atom. The first kappa shape index (κ1) is 19.0. The maximum atomic E-state index is 12.6.